The van der Waals surface area contributed by atoms with Crippen LogP contribution in [0, 0.1) is 5.92 Å². The van der Waals surface area contributed by atoms with Gasteiger partial charge in [0.25, 0.3) is 0 Å². The second kappa shape index (κ2) is 7.45. The van der Waals surface area contributed by atoms with Gasteiger partial charge in [0.05, 0.1) is 7.11 Å². The number of aliphatic hydroxyl groups is 1. The third kappa shape index (κ3) is 4.48. The number of hydrogen-bond acceptors (Lipinski definition) is 4. The summed E-state index contributed by atoms with van der Waals surface area (Å²) in [6.45, 7) is 4.96. The number of aliphatic hydroxyl groups excluding tert-OH is 1. The van der Waals surface area contributed by atoms with E-state index in [-0.39, 0.29) is 12.6 Å². The summed E-state index contributed by atoms with van der Waals surface area (Å²) in [5.41, 5.74) is 0.735. The lowest BCUT2D eigenvalue weighted by Crippen LogP contribution is -2.37. The van der Waals surface area contributed by atoms with Crippen molar-refractivity contribution in [3.05, 3.63) is 11.6 Å². The molecule has 0 saturated carbocycles. The number of methoxy groups -OCH3 is 1. The molecule has 0 aromatic carbocycles. The number of likely N-dealkylation sites (tertiary alicyclic amines) is 1. The van der Waals surface area contributed by atoms with Crippen molar-refractivity contribution in [3.8, 4) is 0 Å². The predicted molar refractivity (Wildman–Crippen MR) is 66.6 cm³/mol. The first-order valence-electron chi connectivity index (χ1n) is 6.31. The summed E-state index contributed by atoms with van der Waals surface area (Å²) in [4.78, 5) is 13.7. The zero-order valence-electron chi connectivity index (χ0n) is 10.8. The summed E-state index contributed by atoms with van der Waals surface area (Å²) in [7, 11) is 1.41. The van der Waals surface area contributed by atoms with E-state index in [0.29, 0.717) is 12.3 Å². The Balaban J connectivity index is 2.47. The van der Waals surface area contributed by atoms with E-state index in [4.69, 9.17) is 9.84 Å². The van der Waals surface area contributed by atoms with Crippen LogP contribution >= 0.6 is 0 Å². The third-order valence-corrected chi connectivity index (χ3v) is 3.29. The van der Waals surface area contributed by atoms with Gasteiger partial charge in [0, 0.05) is 25.3 Å². The van der Waals surface area contributed by atoms with E-state index in [1.807, 2.05) is 13.0 Å². The van der Waals surface area contributed by atoms with Crippen molar-refractivity contribution in [2.24, 2.45) is 5.92 Å². The summed E-state index contributed by atoms with van der Waals surface area (Å²) < 4.78 is 4.72. The van der Waals surface area contributed by atoms with Crippen molar-refractivity contribution in [2.75, 3.05) is 33.4 Å². The van der Waals surface area contributed by atoms with Gasteiger partial charge in [0.2, 0.25) is 0 Å². The Bertz CT molecular complexity index is 276. The average molecular weight is 241 g/mol. The number of piperidine rings is 1. The Hall–Kier alpha value is -0.870. The smallest absolute Gasteiger partial charge is 0.333 e. The Labute approximate surface area is 103 Å². The molecule has 1 rings (SSSR count). The first kappa shape index (κ1) is 14.2. The van der Waals surface area contributed by atoms with Crippen LogP contribution in [0.1, 0.15) is 26.2 Å². The van der Waals surface area contributed by atoms with Crippen molar-refractivity contribution in [1.82, 2.24) is 4.90 Å². The molecule has 4 heteroatoms. The normalized spacial score (nSPS) is 22.5. The van der Waals surface area contributed by atoms with Gasteiger partial charge in [-0.2, -0.15) is 0 Å². The summed E-state index contributed by atoms with van der Waals surface area (Å²) >= 11 is 0. The van der Waals surface area contributed by atoms with E-state index in [0.717, 1.165) is 38.0 Å². The van der Waals surface area contributed by atoms with Crippen LogP contribution in [0.5, 0.6) is 0 Å². The van der Waals surface area contributed by atoms with Gasteiger partial charge < -0.3 is 9.84 Å². The fourth-order valence-electron chi connectivity index (χ4n) is 2.21. The molecule has 0 spiro atoms. The van der Waals surface area contributed by atoms with E-state index in [2.05, 4.69) is 4.90 Å². The van der Waals surface area contributed by atoms with Gasteiger partial charge >= 0.3 is 5.97 Å². The molecule has 1 saturated heterocycles. The number of carbonyl (C=O) groups is 1. The van der Waals surface area contributed by atoms with Gasteiger partial charge in [-0.25, -0.2) is 4.79 Å². The van der Waals surface area contributed by atoms with Crippen molar-refractivity contribution in [2.45, 2.75) is 26.2 Å². The van der Waals surface area contributed by atoms with Gasteiger partial charge in [-0.1, -0.05) is 13.0 Å². The summed E-state index contributed by atoms with van der Waals surface area (Å²) in [5, 5.41) is 9.14. The molecule has 4 nitrogen and oxygen atoms in total. The van der Waals surface area contributed by atoms with E-state index in [1.165, 1.54) is 7.11 Å². The third-order valence-electron chi connectivity index (χ3n) is 3.29. The molecule has 0 bridgehead atoms. The maximum atomic E-state index is 11.4. The van der Waals surface area contributed by atoms with Gasteiger partial charge in [0.15, 0.2) is 0 Å². The van der Waals surface area contributed by atoms with Crippen LogP contribution in [0.2, 0.25) is 0 Å². The summed E-state index contributed by atoms with van der Waals surface area (Å²) in [6, 6.07) is 0. The van der Waals surface area contributed by atoms with Gasteiger partial charge in [-0.3, -0.25) is 4.90 Å². The molecule has 1 aliphatic heterocycles. The van der Waals surface area contributed by atoms with Crippen LogP contribution in [0.4, 0.5) is 0 Å². The highest BCUT2D eigenvalue weighted by Crippen LogP contribution is 2.16. The van der Waals surface area contributed by atoms with Crippen molar-refractivity contribution in [3.63, 3.8) is 0 Å². The zero-order chi connectivity index (χ0) is 12.7. The van der Waals surface area contributed by atoms with Crippen LogP contribution < -0.4 is 0 Å². The lowest BCUT2D eigenvalue weighted by atomic mass is 9.99. The highest BCUT2D eigenvalue weighted by molar-refractivity contribution is 5.88. The van der Waals surface area contributed by atoms with E-state index < -0.39 is 0 Å². The summed E-state index contributed by atoms with van der Waals surface area (Å²) in [5.74, 6) is 0.156. The van der Waals surface area contributed by atoms with Crippen LogP contribution in [0.3, 0.4) is 0 Å². The second-order valence-corrected chi connectivity index (χ2v) is 4.52. The maximum Gasteiger partial charge on any atom is 0.333 e. The quantitative estimate of drug-likeness (QED) is 0.580. The van der Waals surface area contributed by atoms with Gasteiger partial charge in [0.1, 0.15) is 0 Å². The Kier molecular flexibility index (Phi) is 6.22. The highest BCUT2D eigenvalue weighted by atomic mass is 16.5. The molecule has 98 valence electrons. The summed E-state index contributed by atoms with van der Waals surface area (Å²) in [6.07, 6.45) is 4.88. The molecule has 1 fully saturated rings. The van der Waals surface area contributed by atoms with Crippen molar-refractivity contribution < 1.29 is 14.6 Å². The standard InChI is InChI=1S/C13H23NO3/c1-3-12(13(16)17-2)6-8-14-7-4-5-11(9-14)10-15/h6,11,15H,3-5,7-10H2,1-2H3. The molecule has 1 unspecified atom stereocenters. The molecule has 1 aliphatic rings. The predicted octanol–water partition coefficient (Wildman–Crippen LogP) is 1.20. The van der Waals surface area contributed by atoms with Crippen LogP contribution in [0.25, 0.3) is 0 Å². The second-order valence-electron chi connectivity index (χ2n) is 4.52. The Morgan fingerprint density at radius 1 is 1.59 bits per heavy atom. The number of rotatable bonds is 5. The Morgan fingerprint density at radius 3 is 2.94 bits per heavy atom. The molecular weight excluding hydrogens is 218 g/mol. The average Bonchev–Trinajstić information content (AvgIpc) is 2.39. The molecule has 0 radical (unpaired) electrons. The van der Waals surface area contributed by atoms with E-state index >= 15 is 0 Å². The number of hydrogen-bond donors (Lipinski definition) is 1. The highest BCUT2D eigenvalue weighted by Gasteiger charge is 2.18. The fourth-order valence-corrected chi connectivity index (χ4v) is 2.21. The molecule has 0 aromatic rings. The minimum atomic E-state index is -0.233. The first-order chi connectivity index (χ1) is 8.21. The number of ether oxygens (including phenoxy) is 1. The van der Waals surface area contributed by atoms with E-state index in [1.54, 1.807) is 0 Å². The Morgan fingerprint density at radius 2 is 2.35 bits per heavy atom. The molecule has 0 amide bonds. The number of carbonyl (C=O) groups excluding carboxylic acids is 1. The first-order valence-corrected chi connectivity index (χ1v) is 6.31. The number of nitrogens with zero attached hydrogens (tertiary/aromatic N) is 1. The molecular formula is C13H23NO3. The van der Waals surface area contributed by atoms with Gasteiger partial charge in [-0.15, -0.1) is 0 Å². The molecule has 17 heavy (non-hydrogen) atoms. The zero-order valence-corrected chi connectivity index (χ0v) is 10.8. The fraction of sp³-hybridized carbons (Fsp3) is 0.769. The van der Waals surface area contributed by atoms with Crippen molar-refractivity contribution in [1.29, 1.82) is 0 Å². The number of esters is 1. The maximum absolute atomic E-state index is 11.4. The molecule has 1 heterocycles. The minimum Gasteiger partial charge on any atom is -0.466 e. The van der Waals surface area contributed by atoms with Crippen molar-refractivity contribution >= 4 is 5.97 Å². The van der Waals surface area contributed by atoms with E-state index in [9.17, 15) is 4.79 Å². The molecule has 1 N–H and O–H groups in total. The topological polar surface area (TPSA) is 49.8 Å². The van der Waals surface area contributed by atoms with Gasteiger partial charge in [-0.05, 0) is 31.7 Å². The minimum absolute atomic E-state index is 0.233. The molecule has 0 aliphatic carbocycles. The molecule has 0 aromatic heterocycles. The lowest BCUT2D eigenvalue weighted by molar-refractivity contribution is -0.136. The molecule has 1 atom stereocenters. The lowest BCUT2D eigenvalue weighted by Gasteiger charge is -2.30. The van der Waals surface area contributed by atoms with Crippen LogP contribution in [-0.4, -0.2) is 49.3 Å². The van der Waals surface area contributed by atoms with Crippen LogP contribution in [-0.2, 0) is 9.53 Å². The van der Waals surface area contributed by atoms with Crippen LogP contribution in [0.15, 0.2) is 11.6 Å². The SMILES string of the molecule is CCC(=CCN1CCCC(CO)C1)C(=O)OC. The monoisotopic (exact) mass is 241 g/mol. The largest absolute Gasteiger partial charge is 0.466 e.